The van der Waals surface area contributed by atoms with Gasteiger partial charge in [-0.3, -0.25) is 0 Å². The summed E-state index contributed by atoms with van der Waals surface area (Å²) in [6, 6.07) is 9.20. The maximum absolute atomic E-state index is 14.7. The fourth-order valence-corrected chi connectivity index (χ4v) is 5.45. The molecule has 0 unspecified atom stereocenters. The van der Waals surface area contributed by atoms with Crippen molar-refractivity contribution in [3.8, 4) is 21.8 Å². The van der Waals surface area contributed by atoms with E-state index in [0.717, 1.165) is 41.6 Å². The molecule has 0 spiro atoms. The zero-order valence-electron chi connectivity index (χ0n) is 17.0. The Morgan fingerprint density at radius 3 is 2.57 bits per heavy atom. The second-order valence-electron chi connectivity index (χ2n) is 8.09. The van der Waals surface area contributed by atoms with Gasteiger partial charge in [0.05, 0.1) is 16.3 Å². The first kappa shape index (κ1) is 19.4. The monoisotopic (exact) mass is 423 g/mol. The molecular weight excluding hydrogens is 397 g/mol. The highest BCUT2D eigenvalue weighted by Crippen LogP contribution is 2.41. The first-order chi connectivity index (χ1) is 14.8. The summed E-state index contributed by atoms with van der Waals surface area (Å²) >= 11 is 1.60. The average Bonchev–Trinajstić information content (AvgIpc) is 3.45. The molecule has 1 saturated heterocycles. The van der Waals surface area contributed by atoms with Crippen molar-refractivity contribution < 1.29 is 4.39 Å². The van der Waals surface area contributed by atoms with Crippen LogP contribution in [0.3, 0.4) is 0 Å². The Bertz CT molecular complexity index is 1010. The average molecular weight is 424 g/mol. The molecule has 2 fully saturated rings. The number of halogens is 1. The third-order valence-electron chi connectivity index (χ3n) is 5.95. The number of aromatic nitrogens is 3. The molecule has 2 aromatic heterocycles. The van der Waals surface area contributed by atoms with Gasteiger partial charge in [0.15, 0.2) is 5.13 Å². The molecule has 2 aliphatic rings. The molecule has 1 N–H and O–H groups in total. The van der Waals surface area contributed by atoms with E-state index in [1.165, 1.54) is 38.2 Å². The molecule has 1 aliphatic heterocycles. The summed E-state index contributed by atoms with van der Waals surface area (Å²) in [5.74, 6) is 0.388. The molecule has 5 nitrogen and oxygen atoms in total. The van der Waals surface area contributed by atoms with Gasteiger partial charge in [-0.05, 0) is 50.3 Å². The van der Waals surface area contributed by atoms with Crippen LogP contribution in [-0.2, 0) is 0 Å². The Morgan fingerprint density at radius 2 is 1.77 bits per heavy atom. The molecule has 0 amide bonds. The standard InChI is InChI=1S/C23H26FN5S/c24-18-11-5-4-10-17(18)20-21(30-23(28-20)29-14-6-1-7-15-29)19-12-13-25-22(27-19)26-16-8-2-3-9-16/h4-5,10-13,16H,1-3,6-9,14-15H2,(H,25,26,27). The summed E-state index contributed by atoms with van der Waals surface area (Å²) in [6.07, 6.45) is 10.2. The molecule has 156 valence electrons. The summed E-state index contributed by atoms with van der Waals surface area (Å²) in [4.78, 5) is 17.3. The van der Waals surface area contributed by atoms with Gasteiger partial charge >= 0.3 is 0 Å². The van der Waals surface area contributed by atoms with Gasteiger partial charge in [0.25, 0.3) is 0 Å². The Balaban J connectivity index is 1.54. The lowest BCUT2D eigenvalue weighted by atomic mass is 10.1. The highest BCUT2D eigenvalue weighted by molar-refractivity contribution is 7.19. The van der Waals surface area contributed by atoms with E-state index in [-0.39, 0.29) is 5.82 Å². The number of piperidine rings is 1. The molecule has 3 heterocycles. The lowest BCUT2D eigenvalue weighted by Gasteiger charge is -2.25. The van der Waals surface area contributed by atoms with Crippen molar-refractivity contribution in [1.29, 1.82) is 0 Å². The summed E-state index contributed by atoms with van der Waals surface area (Å²) in [5, 5.41) is 4.42. The molecule has 0 atom stereocenters. The topological polar surface area (TPSA) is 53.9 Å². The van der Waals surface area contributed by atoms with Gasteiger partial charge in [0.2, 0.25) is 5.95 Å². The van der Waals surface area contributed by atoms with E-state index >= 15 is 0 Å². The minimum absolute atomic E-state index is 0.257. The maximum Gasteiger partial charge on any atom is 0.223 e. The Kier molecular flexibility index (Phi) is 5.62. The number of nitrogens with zero attached hydrogens (tertiary/aromatic N) is 4. The molecule has 1 saturated carbocycles. The molecule has 7 heteroatoms. The second kappa shape index (κ2) is 8.68. The van der Waals surface area contributed by atoms with Crippen LogP contribution in [0.5, 0.6) is 0 Å². The van der Waals surface area contributed by atoms with Crippen molar-refractivity contribution in [2.75, 3.05) is 23.3 Å². The summed E-state index contributed by atoms with van der Waals surface area (Å²) in [6.45, 7) is 2.00. The molecule has 1 aromatic carbocycles. The van der Waals surface area contributed by atoms with Gasteiger partial charge in [-0.1, -0.05) is 36.3 Å². The van der Waals surface area contributed by atoms with Gasteiger partial charge < -0.3 is 10.2 Å². The molecular formula is C23H26FN5S. The lowest BCUT2D eigenvalue weighted by molar-refractivity contribution is 0.577. The number of rotatable bonds is 5. The number of benzene rings is 1. The van der Waals surface area contributed by atoms with Crippen LogP contribution in [0, 0.1) is 5.82 Å². The fraction of sp³-hybridized carbons (Fsp3) is 0.435. The number of hydrogen-bond donors (Lipinski definition) is 1. The molecule has 0 radical (unpaired) electrons. The third kappa shape index (κ3) is 4.03. The van der Waals surface area contributed by atoms with Gasteiger partial charge in [-0.15, -0.1) is 0 Å². The highest BCUT2D eigenvalue weighted by atomic mass is 32.1. The van der Waals surface area contributed by atoms with E-state index in [1.54, 1.807) is 29.7 Å². The SMILES string of the molecule is Fc1ccccc1-c1nc(N2CCCCC2)sc1-c1ccnc(NC2CCCC2)n1. The first-order valence-electron chi connectivity index (χ1n) is 10.9. The molecule has 5 rings (SSSR count). The smallest absolute Gasteiger partial charge is 0.223 e. The van der Waals surface area contributed by atoms with Crippen LogP contribution in [0.1, 0.15) is 44.9 Å². The van der Waals surface area contributed by atoms with Crippen molar-refractivity contribution in [3.05, 3.63) is 42.3 Å². The minimum atomic E-state index is -0.257. The lowest BCUT2D eigenvalue weighted by Crippen LogP contribution is -2.29. The van der Waals surface area contributed by atoms with Crippen LogP contribution in [0.15, 0.2) is 36.5 Å². The molecule has 30 heavy (non-hydrogen) atoms. The second-order valence-corrected chi connectivity index (χ2v) is 9.07. The summed E-state index contributed by atoms with van der Waals surface area (Å²) < 4.78 is 14.7. The predicted molar refractivity (Wildman–Crippen MR) is 120 cm³/mol. The quantitative estimate of drug-likeness (QED) is 0.566. The van der Waals surface area contributed by atoms with E-state index in [1.807, 2.05) is 12.1 Å². The van der Waals surface area contributed by atoms with Crippen LogP contribution in [0.4, 0.5) is 15.5 Å². The van der Waals surface area contributed by atoms with Gasteiger partial charge in [-0.25, -0.2) is 19.3 Å². The zero-order chi connectivity index (χ0) is 20.3. The van der Waals surface area contributed by atoms with E-state index in [2.05, 4.69) is 15.2 Å². The predicted octanol–water partition coefficient (Wildman–Crippen LogP) is 5.75. The normalized spacial score (nSPS) is 17.4. The number of anilines is 2. The van der Waals surface area contributed by atoms with E-state index in [0.29, 0.717) is 23.2 Å². The number of thiazole rings is 1. The highest BCUT2D eigenvalue weighted by Gasteiger charge is 2.23. The van der Waals surface area contributed by atoms with Crippen molar-refractivity contribution >= 4 is 22.4 Å². The Hall–Kier alpha value is -2.54. The number of hydrogen-bond acceptors (Lipinski definition) is 6. The third-order valence-corrected chi connectivity index (χ3v) is 7.09. The number of nitrogens with one attached hydrogen (secondary N) is 1. The maximum atomic E-state index is 14.7. The minimum Gasteiger partial charge on any atom is -0.351 e. The van der Waals surface area contributed by atoms with E-state index in [9.17, 15) is 4.39 Å². The van der Waals surface area contributed by atoms with Gasteiger partial charge in [0.1, 0.15) is 5.82 Å². The van der Waals surface area contributed by atoms with Crippen LogP contribution >= 0.6 is 11.3 Å². The Morgan fingerprint density at radius 1 is 0.967 bits per heavy atom. The van der Waals surface area contributed by atoms with Crippen LogP contribution in [0.2, 0.25) is 0 Å². The molecule has 0 bridgehead atoms. The fourth-order valence-electron chi connectivity index (χ4n) is 4.35. The summed E-state index contributed by atoms with van der Waals surface area (Å²) in [5.41, 5.74) is 1.99. The molecule has 3 aromatic rings. The van der Waals surface area contributed by atoms with Crippen molar-refractivity contribution in [2.24, 2.45) is 0 Å². The van der Waals surface area contributed by atoms with Gasteiger partial charge in [-0.2, -0.15) is 0 Å². The largest absolute Gasteiger partial charge is 0.351 e. The Labute approximate surface area is 180 Å². The van der Waals surface area contributed by atoms with Crippen molar-refractivity contribution in [2.45, 2.75) is 51.0 Å². The molecule has 1 aliphatic carbocycles. The van der Waals surface area contributed by atoms with Crippen LogP contribution in [0.25, 0.3) is 21.8 Å². The van der Waals surface area contributed by atoms with Crippen LogP contribution in [-0.4, -0.2) is 34.1 Å². The first-order valence-corrected chi connectivity index (χ1v) is 11.7. The van der Waals surface area contributed by atoms with Crippen LogP contribution < -0.4 is 10.2 Å². The van der Waals surface area contributed by atoms with E-state index < -0.39 is 0 Å². The van der Waals surface area contributed by atoms with Crippen molar-refractivity contribution in [3.63, 3.8) is 0 Å². The zero-order valence-corrected chi connectivity index (χ0v) is 17.8. The van der Waals surface area contributed by atoms with Crippen molar-refractivity contribution in [1.82, 2.24) is 15.0 Å². The van der Waals surface area contributed by atoms with Gasteiger partial charge in [0, 0.05) is 30.9 Å². The van der Waals surface area contributed by atoms with E-state index in [4.69, 9.17) is 9.97 Å². The summed E-state index contributed by atoms with van der Waals surface area (Å²) in [7, 11) is 0.